The van der Waals surface area contributed by atoms with E-state index in [1.807, 2.05) is 17.8 Å². The lowest BCUT2D eigenvalue weighted by Crippen LogP contribution is -2.00. The molecule has 0 amide bonds. The van der Waals surface area contributed by atoms with Gasteiger partial charge in [0.2, 0.25) is 5.88 Å². The molecule has 4 nitrogen and oxygen atoms in total. The summed E-state index contributed by atoms with van der Waals surface area (Å²) in [5.41, 5.74) is 0.876. The molecule has 1 N–H and O–H groups in total. The lowest BCUT2D eigenvalue weighted by atomic mass is 10.4. The predicted molar refractivity (Wildman–Crippen MR) is 65.2 cm³/mol. The molecule has 0 aromatic carbocycles. The van der Waals surface area contributed by atoms with Gasteiger partial charge in [0.1, 0.15) is 0 Å². The average Bonchev–Trinajstić information content (AvgIpc) is 2.64. The van der Waals surface area contributed by atoms with Crippen molar-refractivity contribution in [2.45, 2.75) is 44.2 Å². The van der Waals surface area contributed by atoms with E-state index in [-0.39, 0.29) is 5.88 Å². The lowest BCUT2D eigenvalue weighted by molar-refractivity contribution is 0.400. The van der Waals surface area contributed by atoms with Gasteiger partial charge in [-0.25, -0.2) is 4.68 Å². The van der Waals surface area contributed by atoms with Crippen LogP contribution in [-0.2, 0) is 12.3 Å². The third-order valence-electron chi connectivity index (χ3n) is 2.34. The monoisotopic (exact) mass is 239 g/mol. The summed E-state index contributed by atoms with van der Waals surface area (Å²) in [5, 5.41) is 22.9. The third kappa shape index (κ3) is 3.78. The van der Waals surface area contributed by atoms with Crippen LogP contribution >= 0.6 is 11.8 Å². The van der Waals surface area contributed by atoms with Crippen molar-refractivity contribution in [3.05, 3.63) is 11.8 Å². The largest absolute Gasteiger partial charge is 0.493 e. The quantitative estimate of drug-likeness (QED) is 0.828. The van der Waals surface area contributed by atoms with E-state index < -0.39 is 0 Å². The first-order valence-electron chi connectivity index (χ1n) is 5.41. The van der Waals surface area contributed by atoms with E-state index in [9.17, 15) is 5.11 Å². The molecular formula is C11H17N3OS. The fraction of sp³-hybridized carbons (Fsp3) is 0.636. The summed E-state index contributed by atoms with van der Waals surface area (Å²) in [7, 11) is 0. The van der Waals surface area contributed by atoms with Gasteiger partial charge in [-0.2, -0.15) is 22.1 Å². The summed E-state index contributed by atoms with van der Waals surface area (Å²) in [6.07, 6.45) is 1.50. The first-order chi connectivity index (χ1) is 7.67. The molecule has 5 heteroatoms. The number of aromatic hydroxyl groups is 1. The number of hydrogen-bond acceptors (Lipinski definition) is 4. The third-order valence-corrected chi connectivity index (χ3v) is 3.70. The Hall–Kier alpha value is -1.15. The number of nitrogens with zero attached hydrogens (tertiary/aromatic N) is 3. The smallest absolute Gasteiger partial charge is 0.209 e. The maximum absolute atomic E-state index is 9.56. The van der Waals surface area contributed by atoms with Crippen molar-refractivity contribution in [1.82, 2.24) is 9.78 Å². The van der Waals surface area contributed by atoms with Gasteiger partial charge in [-0.3, -0.25) is 0 Å². The molecule has 0 aliphatic rings. The summed E-state index contributed by atoms with van der Waals surface area (Å²) >= 11 is 1.82. The normalized spacial score (nSPS) is 12.3. The van der Waals surface area contributed by atoms with Crippen LogP contribution < -0.4 is 0 Å². The number of aromatic nitrogens is 2. The molecule has 1 aromatic rings. The zero-order valence-corrected chi connectivity index (χ0v) is 10.5. The summed E-state index contributed by atoms with van der Waals surface area (Å²) in [6, 6.07) is 3.71. The minimum Gasteiger partial charge on any atom is -0.493 e. The highest BCUT2D eigenvalue weighted by molar-refractivity contribution is 7.99. The maximum atomic E-state index is 9.56. The molecule has 88 valence electrons. The van der Waals surface area contributed by atoms with Crippen molar-refractivity contribution >= 4 is 11.8 Å². The molecule has 0 saturated carbocycles. The van der Waals surface area contributed by atoms with E-state index in [0.717, 1.165) is 17.9 Å². The minimum atomic E-state index is 0.148. The minimum absolute atomic E-state index is 0.148. The predicted octanol–water partition coefficient (Wildman–Crippen LogP) is 2.53. The Balaban J connectivity index is 2.52. The lowest BCUT2D eigenvalue weighted by Gasteiger charge is -2.05. The van der Waals surface area contributed by atoms with Crippen LogP contribution in [0.1, 0.15) is 32.4 Å². The van der Waals surface area contributed by atoms with Crippen molar-refractivity contribution in [2.75, 3.05) is 0 Å². The number of aryl methyl sites for hydroxylation is 1. The Morgan fingerprint density at radius 2 is 2.44 bits per heavy atom. The van der Waals surface area contributed by atoms with Crippen molar-refractivity contribution in [1.29, 1.82) is 5.26 Å². The molecule has 1 rings (SSSR count). The van der Waals surface area contributed by atoms with Crippen LogP contribution in [0.5, 0.6) is 5.88 Å². The Bertz CT molecular complexity index is 370. The summed E-state index contributed by atoms with van der Waals surface area (Å²) < 4.78 is 1.48. The molecule has 1 unspecified atom stereocenters. The summed E-state index contributed by atoms with van der Waals surface area (Å²) in [5.74, 6) is 0.956. The van der Waals surface area contributed by atoms with Crippen LogP contribution in [0.25, 0.3) is 0 Å². The number of hydrogen-bond donors (Lipinski definition) is 1. The van der Waals surface area contributed by atoms with Crippen LogP contribution in [0.15, 0.2) is 6.07 Å². The zero-order chi connectivity index (χ0) is 12.0. The number of thioether (sulfide) groups is 1. The Morgan fingerprint density at radius 3 is 3.06 bits per heavy atom. The summed E-state index contributed by atoms with van der Waals surface area (Å²) in [4.78, 5) is 0. The van der Waals surface area contributed by atoms with Gasteiger partial charge < -0.3 is 5.11 Å². The van der Waals surface area contributed by atoms with E-state index in [1.165, 1.54) is 4.68 Å². The van der Waals surface area contributed by atoms with Crippen LogP contribution in [-0.4, -0.2) is 20.1 Å². The Morgan fingerprint density at radius 1 is 1.69 bits per heavy atom. The Labute approximate surface area is 100 Å². The molecule has 16 heavy (non-hydrogen) atoms. The molecule has 0 bridgehead atoms. The molecular weight excluding hydrogens is 222 g/mol. The van der Waals surface area contributed by atoms with Gasteiger partial charge in [0, 0.05) is 17.1 Å². The number of rotatable bonds is 6. The van der Waals surface area contributed by atoms with Crippen LogP contribution in [0, 0.1) is 11.3 Å². The van der Waals surface area contributed by atoms with Gasteiger partial charge in [0.15, 0.2) is 0 Å². The summed E-state index contributed by atoms with van der Waals surface area (Å²) in [6.45, 7) is 4.79. The van der Waals surface area contributed by atoms with Crippen molar-refractivity contribution in [3.63, 3.8) is 0 Å². The van der Waals surface area contributed by atoms with Crippen LogP contribution in [0.3, 0.4) is 0 Å². The van der Waals surface area contributed by atoms with Crippen molar-refractivity contribution in [3.8, 4) is 11.9 Å². The van der Waals surface area contributed by atoms with Gasteiger partial charge in [-0.15, -0.1) is 0 Å². The van der Waals surface area contributed by atoms with E-state index in [2.05, 4.69) is 18.9 Å². The zero-order valence-electron chi connectivity index (χ0n) is 9.68. The molecule has 0 spiro atoms. The van der Waals surface area contributed by atoms with E-state index in [0.29, 0.717) is 18.2 Å². The topological polar surface area (TPSA) is 61.8 Å². The standard InChI is InChI=1S/C11H17N3OS/c1-3-9(2)16-8-10-7-11(15)14(13-10)6-4-5-12/h7,9,15H,3-4,6,8H2,1-2H3. The van der Waals surface area contributed by atoms with Crippen LogP contribution in [0.4, 0.5) is 0 Å². The SMILES string of the molecule is CCC(C)SCc1cc(O)n(CCC#N)n1. The van der Waals surface area contributed by atoms with Gasteiger partial charge in [-0.05, 0) is 6.42 Å². The molecule has 0 saturated heterocycles. The van der Waals surface area contributed by atoms with E-state index in [4.69, 9.17) is 5.26 Å². The van der Waals surface area contributed by atoms with Crippen molar-refractivity contribution in [2.24, 2.45) is 0 Å². The van der Waals surface area contributed by atoms with Crippen molar-refractivity contribution < 1.29 is 5.11 Å². The van der Waals surface area contributed by atoms with Crippen LogP contribution in [0.2, 0.25) is 0 Å². The Kier molecular flexibility index (Phi) is 5.20. The maximum Gasteiger partial charge on any atom is 0.209 e. The molecule has 1 atom stereocenters. The van der Waals surface area contributed by atoms with Gasteiger partial charge in [-0.1, -0.05) is 13.8 Å². The highest BCUT2D eigenvalue weighted by Gasteiger charge is 2.07. The molecule has 0 aliphatic carbocycles. The molecule has 1 heterocycles. The number of nitriles is 1. The van der Waals surface area contributed by atoms with E-state index >= 15 is 0 Å². The molecule has 0 radical (unpaired) electrons. The average molecular weight is 239 g/mol. The molecule has 1 aromatic heterocycles. The second kappa shape index (κ2) is 6.44. The van der Waals surface area contributed by atoms with Gasteiger partial charge in [0.05, 0.1) is 24.7 Å². The molecule has 0 fully saturated rings. The first-order valence-corrected chi connectivity index (χ1v) is 6.46. The second-order valence-corrected chi connectivity index (χ2v) is 5.08. The fourth-order valence-electron chi connectivity index (χ4n) is 1.20. The highest BCUT2D eigenvalue weighted by atomic mass is 32.2. The second-order valence-electron chi connectivity index (χ2n) is 3.65. The molecule has 0 aliphatic heterocycles. The van der Waals surface area contributed by atoms with E-state index in [1.54, 1.807) is 6.07 Å². The van der Waals surface area contributed by atoms with Gasteiger partial charge in [0.25, 0.3) is 0 Å². The highest BCUT2D eigenvalue weighted by Crippen LogP contribution is 2.21. The first kappa shape index (κ1) is 12.9. The van der Waals surface area contributed by atoms with Gasteiger partial charge >= 0.3 is 0 Å². The fourth-order valence-corrected chi connectivity index (χ4v) is 2.03.